The standard InChI is InChI=1S/C11H6ClF2N3O2/c1-5-10(17(18)19)9(16-11(12)15-5)6-2-3-7(13)8(14)4-6/h2-4H,1H3. The Labute approximate surface area is 111 Å². The molecular weight excluding hydrogens is 280 g/mol. The fraction of sp³-hybridized carbons (Fsp3) is 0.0909. The fourth-order valence-corrected chi connectivity index (χ4v) is 1.81. The van der Waals surface area contributed by atoms with Crippen LogP contribution >= 0.6 is 11.6 Å². The van der Waals surface area contributed by atoms with E-state index in [0.29, 0.717) is 0 Å². The molecule has 0 atom stereocenters. The SMILES string of the molecule is Cc1nc(Cl)nc(-c2ccc(F)c(F)c2)c1[N+](=O)[O-]. The van der Waals surface area contributed by atoms with Gasteiger partial charge in [0.2, 0.25) is 5.28 Å². The molecule has 0 unspecified atom stereocenters. The molecule has 0 fully saturated rings. The maximum absolute atomic E-state index is 13.2. The first-order chi connectivity index (χ1) is 8.90. The Morgan fingerprint density at radius 2 is 1.95 bits per heavy atom. The van der Waals surface area contributed by atoms with Crippen molar-refractivity contribution in [3.8, 4) is 11.3 Å². The van der Waals surface area contributed by atoms with Gasteiger partial charge in [0.25, 0.3) is 0 Å². The minimum Gasteiger partial charge on any atom is -0.258 e. The molecule has 19 heavy (non-hydrogen) atoms. The van der Waals surface area contributed by atoms with Gasteiger partial charge >= 0.3 is 5.69 Å². The van der Waals surface area contributed by atoms with E-state index in [1.54, 1.807) is 0 Å². The minimum atomic E-state index is -1.13. The van der Waals surface area contributed by atoms with Crippen molar-refractivity contribution in [2.75, 3.05) is 0 Å². The number of hydrogen-bond acceptors (Lipinski definition) is 4. The summed E-state index contributed by atoms with van der Waals surface area (Å²) in [5.41, 5.74) is -0.445. The molecule has 1 aromatic carbocycles. The van der Waals surface area contributed by atoms with Crippen molar-refractivity contribution in [3.63, 3.8) is 0 Å². The molecule has 0 spiro atoms. The van der Waals surface area contributed by atoms with Crippen molar-refractivity contribution in [1.29, 1.82) is 0 Å². The summed E-state index contributed by atoms with van der Waals surface area (Å²) in [6, 6.07) is 2.86. The predicted octanol–water partition coefficient (Wildman–Crippen LogP) is 3.29. The monoisotopic (exact) mass is 285 g/mol. The molecule has 0 radical (unpaired) electrons. The number of aromatic nitrogens is 2. The molecule has 1 aromatic heterocycles. The van der Waals surface area contributed by atoms with E-state index < -0.39 is 22.2 Å². The van der Waals surface area contributed by atoms with Gasteiger partial charge in [-0.15, -0.1) is 0 Å². The number of rotatable bonds is 2. The molecule has 1 heterocycles. The Morgan fingerprint density at radius 1 is 1.26 bits per heavy atom. The molecule has 0 N–H and O–H groups in total. The fourth-order valence-electron chi connectivity index (χ4n) is 1.60. The van der Waals surface area contributed by atoms with E-state index in [4.69, 9.17) is 11.6 Å². The van der Waals surface area contributed by atoms with Gasteiger partial charge < -0.3 is 0 Å². The minimum absolute atomic E-state index is 0.0460. The number of halogens is 3. The number of aryl methyl sites for hydroxylation is 1. The van der Waals surface area contributed by atoms with E-state index in [1.165, 1.54) is 13.0 Å². The van der Waals surface area contributed by atoms with Crippen molar-refractivity contribution >= 4 is 17.3 Å². The summed E-state index contributed by atoms with van der Waals surface area (Å²) in [4.78, 5) is 17.7. The summed E-state index contributed by atoms with van der Waals surface area (Å²) in [6.07, 6.45) is 0. The number of benzene rings is 1. The predicted molar refractivity (Wildman–Crippen MR) is 63.8 cm³/mol. The number of nitro groups is 1. The van der Waals surface area contributed by atoms with E-state index in [9.17, 15) is 18.9 Å². The maximum Gasteiger partial charge on any atom is 0.316 e. The Kier molecular flexibility index (Phi) is 3.39. The Bertz CT molecular complexity index is 679. The van der Waals surface area contributed by atoms with Crippen molar-refractivity contribution < 1.29 is 13.7 Å². The smallest absolute Gasteiger partial charge is 0.258 e. The van der Waals surface area contributed by atoms with Gasteiger partial charge in [-0.2, -0.15) is 0 Å². The molecule has 98 valence electrons. The molecule has 2 rings (SSSR count). The van der Waals surface area contributed by atoms with Gasteiger partial charge in [-0.05, 0) is 36.7 Å². The van der Waals surface area contributed by atoms with Crippen LogP contribution in [0.4, 0.5) is 14.5 Å². The third-order valence-electron chi connectivity index (χ3n) is 2.41. The summed E-state index contributed by atoms with van der Waals surface area (Å²) in [5.74, 6) is -2.18. The van der Waals surface area contributed by atoms with E-state index in [0.717, 1.165) is 12.1 Å². The highest BCUT2D eigenvalue weighted by molar-refractivity contribution is 6.28. The zero-order valence-electron chi connectivity index (χ0n) is 9.52. The van der Waals surface area contributed by atoms with Gasteiger partial charge in [0, 0.05) is 5.56 Å². The van der Waals surface area contributed by atoms with Crippen LogP contribution in [-0.2, 0) is 0 Å². The van der Waals surface area contributed by atoms with Gasteiger partial charge in [-0.3, -0.25) is 10.1 Å². The van der Waals surface area contributed by atoms with Crippen LogP contribution in [0.3, 0.4) is 0 Å². The first-order valence-electron chi connectivity index (χ1n) is 5.04. The van der Waals surface area contributed by atoms with Crippen molar-refractivity contribution in [3.05, 3.63) is 50.9 Å². The lowest BCUT2D eigenvalue weighted by Crippen LogP contribution is -2.01. The molecule has 0 aliphatic rings. The third kappa shape index (κ3) is 2.50. The second kappa shape index (κ2) is 4.85. The van der Waals surface area contributed by atoms with Crippen LogP contribution in [0.2, 0.25) is 5.28 Å². The molecule has 0 aliphatic heterocycles. The molecule has 2 aromatic rings. The molecule has 0 saturated carbocycles. The van der Waals surface area contributed by atoms with E-state index in [-0.39, 0.29) is 22.2 Å². The van der Waals surface area contributed by atoms with Gasteiger partial charge in [-0.1, -0.05) is 0 Å². The summed E-state index contributed by atoms with van der Waals surface area (Å²) in [6.45, 7) is 1.38. The zero-order valence-corrected chi connectivity index (χ0v) is 10.3. The van der Waals surface area contributed by atoms with Crippen LogP contribution in [-0.4, -0.2) is 14.9 Å². The molecular formula is C11H6ClF2N3O2. The summed E-state index contributed by atoms with van der Waals surface area (Å²) in [7, 11) is 0. The van der Waals surface area contributed by atoms with Crippen LogP contribution < -0.4 is 0 Å². The lowest BCUT2D eigenvalue weighted by atomic mass is 10.1. The van der Waals surface area contributed by atoms with Gasteiger partial charge in [-0.25, -0.2) is 18.7 Å². The lowest BCUT2D eigenvalue weighted by molar-refractivity contribution is -0.385. The average molecular weight is 286 g/mol. The van der Waals surface area contributed by atoms with Crippen LogP contribution in [0.1, 0.15) is 5.69 Å². The highest BCUT2D eigenvalue weighted by Gasteiger charge is 2.23. The van der Waals surface area contributed by atoms with Gasteiger partial charge in [0.05, 0.1) is 4.92 Å². The van der Waals surface area contributed by atoms with Crippen LogP contribution in [0, 0.1) is 28.7 Å². The lowest BCUT2D eigenvalue weighted by Gasteiger charge is -2.05. The van der Waals surface area contributed by atoms with Crippen LogP contribution in [0.15, 0.2) is 18.2 Å². The molecule has 0 amide bonds. The molecule has 5 nitrogen and oxygen atoms in total. The highest BCUT2D eigenvalue weighted by Crippen LogP contribution is 2.31. The summed E-state index contributed by atoms with van der Waals surface area (Å²) >= 11 is 5.64. The summed E-state index contributed by atoms with van der Waals surface area (Å²) < 4.78 is 26.0. The largest absolute Gasteiger partial charge is 0.316 e. The first-order valence-corrected chi connectivity index (χ1v) is 5.42. The first kappa shape index (κ1) is 13.3. The van der Waals surface area contributed by atoms with Crippen molar-refractivity contribution in [2.24, 2.45) is 0 Å². The Morgan fingerprint density at radius 3 is 2.53 bits per heavy atom. The second-order valence-electron chi connectivity index (χ2n) is 3.66. The second-order valence-corrected chi connectivity index (χ2v) is 4.00. The van der Waals surface area contributed by atoms with Crippen LogP contribution in [0.5, 0.6) is 0 Å². The van der Waals surface area contributed by atoms with Crippen molar-refractivity contribution in [1.82, 2.24) is 9.97 Å². The van der Waals surface area contributed by atoms with Gasteiger partial charge in [0.15, 0.2) is 17.3 Å². The van der Waals surface area contributed by atoms with E-state index >= 15 is 0 Å². The quantitative estimate of drug-likeness (QED) is 0.482. The highest BCUT2D eigenvalue weighted by atomic mass is 35.5. The number of hydrogen-bond donors (Lipinski definition) is 0. The molecule has 0 saturated heterocycles. The molecule has 0 bridgehead atoms. The Hall–Kier alpha value is -2.15. The average Bonchev–Trinajstić information content (AvgIpc) is 2.31. The van der Waals surface area contributed by atoms with Crippen LogP contribution in [0.25, 0.3) is 11.3 Å². The normalized spacial score (nSPS) is 10.5. The summed E-state index contributed by atoms with van der Waals surface area (Å²) in [5, 5.41) is 10.8. The van der Waals surface area contributed by atoms with Crippen molar-refractivity contribution in [2.45, 2.75) is 6.92 Å². The Balaban J connectivity index is 2.73. The maximum atomic E-state index is 13.2. The topological polar surface area (TPSA) is 68.9 Å². The molecule has 8 heteroatoms. The van der Waals surface area contributed by atoms with Gasteiger partial charge in [0.1, 0.15) is 5.69 Å². The van der Waals surface area contributed by atoms with E-state index in [2.05, 4.69) is 9.97 Å². The number of nitrogens with zero attached hydrogens (tertiary/aromatic N) is 3. The zero-order chi connectivity index (χ0) is 14.2. The third-order valence-corrected chi connectivity index (χ3v) is 2.58. The van der Waals surface area contributed by atoms with E-state index in [1.807, 2.05) is 0 Å². The molecule has 0 aliphatic carbocycles.